The summed E-state index contributed by atoms with van der Waals surface area (Å²) in [4.78, 5) is 30.7. The molecule has 6 heterocycles. The summed E-state index contributed by atoms with van der Waals surface area (Å²) in [5, 5.41) is 1.96. The van der Waals surface area contributed by atoms with Gasteiger partial charge in [-0.05, 0) is 17.5 Å². The molecule has 27 heavy (non-hydrogen) atoms. The lowest BCUT2D eigenvalue weighted by atomic mass is 10.3. The fraction of sp³-hybridized carbons (Fsp3) is 0. The highest BCUT2D eigenvalue weighted by Crippen LogP contribution is 2.28. The second kappa shape index (κ2) is 5.39. The molecule has 0 fully saturated rings. The maximum absolute atomic E-state index is 5.82. The molecule has 6 rings (SSSR count). The summed E-state index contributed by atoms with van der Waals surface area (Å²) in [5.41, 5.74) is 5.58. The van der Waals surface area contributed by atoms with E-state index in [-0.39, 0.29) is 0 Å². The Balaban J connectivity index is 1.46. The van der Waals surface area contributed by atoms with Crippen molar-refractivity contribution in [2.45, 2.75) is 0 Å². The molecule has 8 nitrogen and oxygen atoms in total. The summed E-state index contributed by atoms with van der Waals surface area (Å²) in [6.45, 7) is 0. The van der Waals surface area contributed by atoms with Gasteiger partial charge >= 0.3 is 0 Å². The summed E-state index contributed by atoms with van der Waals surface area (Å²) >= 11 is 1.55. The van der Waals surface area contributed by atoms with Crippen molar-refractivity contribution >= 4 is 44.1 Å². The molecular weight excluding hydrogens is 362 g/mol. The predicted molar refractivity (Wildman–Crippen MR) is 101 cm³/mol. The summed E-state index contributed by atoms with van der Waals surface area (Å²) in [6.07, 6.45) is 6.66. The van der Waals surface area contributed by atoms with Crippen molar-refractivity contribution in [3.05, 3.63) is 48.4 Å². The molecule has 0 aliphatic carbocycles. The fourth-order valence-electron chi connectivity index (χ4n) is 2.94. The van der Waals surface area contributed by atoms with Gasteiger partial charge in [0.1, 0.15) is 32.8 Å². The molecule has 6 aromatic heterocycles. The number of rotatable bonds is 2. The SMILES string of the molecule is c1cnc2[nH]c(-c3cnc4oc(-c5cnc6sccc6n5)cc4n3)cc2n1. The molecule has 0 unspecified atom stereocenters. The molecule has 6 aromatic rings. The fourth-order valence-corrected chi connectivity index (χ4v) is 3.62. The van der Waals surface area contributed by atoms with Crippen molar-refractivity contribution in [3.63, 3.8) is 0 Å². The standard InChI is InChI=1S/C18H9N7OS/c1-4-27-18-9(1)23-14(8-22-18)15-6-12-17(26-15)21-7-13(24-12)10-5-11-16(25-10)20-3-2-19-11/h1-8H,(H,20,25). The van der Waals surface area contributed by atoms with E-state index >= 15 is 0 Å². The van der Waals surface area contributed by atoms with Crippen molar-refractivity contribution < 1.29 is 4.42 Å². The quantitative estimate of drug-likeness (QED) is 0.493. The molecule has 0 aromatic carbocycles. The number of furan rings is 1. The van der Waals surface area contributed by atoms with Crippen molar-refractivity contribution in [3.8, 4) is 22.8 Å². The Morgan fingerprint density at radius 2 is 1.74 bits per heavy atom. The van der Waals surface area contributed by atoms with Crippen LogP contribution in [0.1, 0.15) is 0 Å². The second-order valence-corrected chi connectivity index (χ2v) is 6.79. The average Bonchev–Trinajstić information content (AvgIpc) is 3.42. The van der Waals surface area contributed by atoms with Crippen LogP contribution < -0.4 is 0 Å². The van der Waals surface area contributed by atoms with Gasteiger partial charge in [-0.25, -0.2) is 24.9 Å². The van der Waals surface area contributed by atoms with E-state index in [1.165, 1.54) is 0 Å². The zero-order valence-corrected chi connectivity index (χ0v) is 14.4. The van der Waals surface area contributed by atoms with E-state index in [1.807, 2.05) is 23.6 Å². The smallest absolute Gasteiger partial charge is 0.245 e. The van der Waals surface area contributed by atoms with Gasteiger partial charge in [0.15, 0.2) is 11.4 Å². The predicted octanol–water partition coefficient (Wildman–Crippen LogP) is 3.83. The molecule has 0 spiro atoms. The van der Waals surface area contributed by atoms with Crippen LogP contribution in [0.15, 0.2) is 52.8 Å². The minimum atomic E-state index is 0.452. The van der Waals surface area contributed by atoms with E-state index in [9.17, 15) is 0 Å². The van der Waals surface area contributed by atoms with Gasteiger partial charge in [-0.2, -0.15) is 0 Å². The summed E-state index contributed by atoms with van der Waals surface area (Å²) in [5.74, 6) is 0.586. The molecule has 0 aliphatic rings. The normalized spacial score (nSPS) is 11.7. The molecule has 0 saturated carbocycles. The van der Waals surface area contributed by atoms with Crippen LogP contribution in [0.5, 0.6) is 0 Å². The van der Waals surface area contributed by atoms with Gasteiger partial charge in [0.2, 0.25) is 5.71 Å². The van der Waals surface area contributed by atoms with Crippen LogP contribution in [0.3, 0.4) is 0 Å². The van der Waals surface area contributed by atoms with Crippen LogP contribution in [0.4, 0.5) is 0 Å². The van der Waals surface area contributed by atoms with E-state index < -0.39 is 0 Å². The maximum Gasteiger partial charge on any atom is 0.245 e. The zero-order chi connectivity index (χ0) is 17.8. The minimum absolute atomic E-state index is 0.452. The number of thiophene rings is 1. The number of H-pyrrole nitrogens is 1. The molecule has 0 atom stereocenters. The number of fused-ring (bicyclic) bond motifs is 3. The van der Waals surface area contributed by atoms with Crippen LogP contribution in [0, 0.1) is 0 Å². The van der Waals surface area contributed by atoms with Crippen LogP contribution in [-0.2, 0) is 0 Å². The lowest BCUT2D eigenvalue weighted by molar-refractivity contribution is 0.615. The van der Waals surface area contributed by atoms with Crippen LogP contribution in [-0.4, -0.2) is 34.9 Å². The lowest BCUT2D eigenvalue weighted by Crippen LogP contribution is -1.86. The Labute approximate surface area is 155 Å². The number of hydrogen-bond acceptors (Lipinski definition) is 8. The van der Waals surface area contributed by atoms with Crippen molar-refractivity contribution in [2.75, 3.05) is 0 Å². The lowest BCUT2D eigenvalue weighted by Gasteiger charge is -1.95. The molecule has 0 saturated heterocycles. The molecule has 1 N–H and O–H groups in total. The highest BCUT2D eigenvalue weighted by molar-refractivity contribution is 7.16. The number of aromatic amines is 1. The third kappa shape index (κ3) is 2.29. The van der Waals surface area contributed by atoms with Gasteiger partial charge in [-0.15, -0.1) is 11.3 Å². The number of hydrogen-bond donors (Lipinski definition) is 1. The first-order chi connectivity index (χ1) is 13.3. The minimum Gasteiger partial charge on any atom is -0.435 e. The topological polar surface area (TPSA) is 106 Å². The van der Waals surface area contributed by atoms with Crippen LogP contribution in [0.25, 0.3) is 55.6 Å². The molecule has 128 valence electrons. The Hall–Kier alpha value is -3.72. The van der Waals surface area contributed by atoms with E-state index in [4.69, 9.17) is 4.42 Å². The summed E-state index contributed by atoms with van der Waals surface area (Å²) < 4.78 is 5.82. The van der Waals surface area contributed by atoms with E-state index in [0.717, 1.165) is 21.6 Å². The first kappa shape index (κ1) is 14.4. The van der Waals surface area contributed by atoms with Gasteiger partial charge in [0.25, 0.3) is 0 Å². The number of nitrogens with one attached hydrogen (secondary N) is 1. The Bertz CT molecular complexity index is 1420. The van der Waals surface area contributed by atoms with Crippen LogP contribution in [0.2, 0.25) is 0 Å². The molecule has 0 bridgehead atoms. The van der Waals surface area contributed by atoms with Gasteiger partial charge in [-0.1, -0.05) is 0 Å². The molecule has 0 radical (unpaired) electrons. The van der Waals surface area contributed by atoms with E-state index in [0.29, 0.717) is 34.0 Å². The summed E-state index contributed by atoms with van der Waals surface area (Å²) in [7, 11) is 0. The Morgan fingerprint density at radius 3 is 2.70 bits per heavy atom. The van der Waals surface area contributed by atoms with E-state index in [2.05, 4.69) is 34.9 Å². The monoisotopic (exact) mass is 371 g/mol. The maximum atomic E-state index is 5.82. The first-order valence-electron chi connectivity index (χ1n) is 8.11. The van der Waals surface area contributed by atoms with Crippen molar-refractivity contribution in [1.29, 1.82) is 0 Å². The highest BCUT2D eigenvalue weighted by atomic mass is 32.1. The van der Waals surface area contributed by atoms with Crippen molar-refractivity contribution in [1.82, 2.24) is 34.9 Å². The summed E-state index contributed by atoms with van der Waals surface area (Å²) in [6, 6.07) is 5.66. The number of nitrogens with zero attached hydrogens (tertiary/aromatic N) is 6. The third-order valence-electron chi connectivity index (χ3n) is 4.20. The Morgan fingerprint density at radius 1 is 0.852 bits per heavy atom. The van der Waals surface area contributed by atoms with Gasteiger partial charge < -0.3 is 9.40 Å². The van der Waals surface area contributed by atoms with Gasteiger partial charge in [0, 0.05) is 18.5 Å². The highest BCUT2D eigenvalue weighted by Gasteiger charge is 2.14. The molecule has 9 heteroatoms. The molecular formula is C18H9N7OS. The first-order valence-corrected chi connectivity index (χ1v) is 8.99. The molecule has 0 aliphatic heterocycles. The largest absolute Gasteiger partial charge is 0.435 e. The van der Waals surface area contributed by atoms with Crippen LogP contribution >= 0.6 is 11.3 Å². The average molecular weight is 371 g/mol. The third-order valence-corrected chi connectivity index (χ3v) is 5.01. The van der Waals surface area contributed by atoms with Crippen molar-refractivity contribution in [2.24, 2.45) is 0 Å². The number of aromatic nitrogens is 7. The van der Waals surface area contributed by atoms with Gasteiger partial charge in [-0.3, -0.25) is 4.98 Å². The van der Waals surface area contributed by atoms with Gasteiger partial charge in [0.05, 0.1) is 18.1 Å². The second-order valence-electron chi connectivity index (χ2n) is 5.90. The molecule has 0 amide bonds. The van der Waals surface area contributed by atoms with E-state index in [1.54, 1.807) is 36.1 Å². The zero-order valence-electron chi connectivity index (χ0n) is 13.6. The Kier molecular flexibility index (Phi) is 2.88.